The van der Waals surface area contributed by atoms with Crippen LogP contribution in [0.2, 0.25) is 0 Å². The van der Waals surface area contributed by atoms with Crippen LogP contribution in [-0.2, 0) is 14.4 Å². The molecule has 94 valence electrons. The van der Waals surface area contributed by atoms with Crippen molar-refractivity contribution < 1.29 is 14.4 Å². The number of carbonyl (C=O) groups is 3. The lowest BCUT2D eigenvalue weighted by Gasteiger charge is -1.73. The number of hydrogen-bond acceptors (Lipinski definition) is 3. The van der Waals surface area contributed by atoms with E-state index in [-0.39, 0.29) is 17.3 Å². The monoisotopic (exact) mass is 236 g/mol. The third kappa shape index (κ3) is 20.3. The summed E-state index contributed by atoms with van der Waals surface area (Å²) in [6.07, 6.45) is 0.667. The average Bonchev–Trinajstić information content (AvgIpc) is 2.32. The molecule has 0 aliphatic rings. The van der Waals surface area contributed by atoms with Crippen molar-refractivity contribution in [1.29, 1.82) is 0 Å². The van der Waals surface area contributed by atoms with Gasteiger partial charge >= 0.3 is 0 Å². The van der Waals surface area contributed by atoms with Gasteiger partial charge in [-0.15, -0.1) is 0 Å². The van der Waals surface area contributed by atoms with Gasteiger partial charge in [-0.1, -0.05) is 43.3 Å². The molecule has 17 heavy (non-hydrogen) atoms. The van der Waals surface area contributed by atoms with Crippen LogP contribution in [0.3, 0.4) is 0 Å². The zero-order chi connectivity index (χ0) is 13.7. The summed E-state index contributed by atoms with van der Waals surface area (Å²) in [4.78, 5) is 29.4. The first-order chi connectivity index (χ1) is 7.91. The van der Waals surface area contributed by atoms with Crippen LogP contribution in [0.25, 0.3) is 0 Å². The molecule has 0 aliphatic carbocycles. The minimum absolute atomic E-state index is 0.255. The minimum atomic E-state index is -0.380. The lowest BCUT2D eigenvalue weighted by molar-refractivity contribution is -0.134. The molecule has 0 aromatic heterocycles. The van der Waals surface area contributed by atoms with Crippen molar-refractivity contribution in [2.24, 2.45) is 0 Å². The van der Waals surface area contributed by atoms with Crippen molar-refractivity contribution in [3.8, 4) is 0 Å². The fraction of sp³-hybridized carbons (Fsp3) is 0.357. The number of Topliss-reactive ketones (excluding diaryl/α,β-unsaturated/α-hetero) is 3. The number of benzene rings is 1. The second-order valence-corrected chi connectivity index (χ2v) is 3.32. The molecule has 1 aromatic carbocycles. The second-order valence-electron chi connectivity index (χ2n) is 3.32. The molecule has 0 amide bonds. The van der Waals surface area contributed by atoms with Crippen LogP contribution in [0.15, 0.2) is 36.4 Å². The largest absolute Gasteiger partial charge is 0.300 e. The molecule has 1 rings (SSSR count). The van der Waals surface area contributed by atoms with Crippen LogP contribution in [0, 0.1) is 0 Å². The fourth-order valence-corrected chi connectivity index (χ4v) is 0.385. The molecule has 0 atom stereocenters. The van der Waals surface area contributed by atoms with Crippen LogP contribution in [0.4, 0.5) is 0 Å². The predicted octanol–water partition coefficient (Wildman–Crippen LogP) is 2.84. The Morgan fingerprint density at radius 1 is 0.706 bits per heavy atom. The highest BCUT2D eigenvalue weighted by Gasteiger charge is 1.94. The third-order valence-corrected chi connectivity index (χ3v) is 1.66. The summed E-state index contributed by atoms with van der Waals surface area (Å²) >= 11 is 0. The van der Waals surface area contributed by atoms with E-state index >= 15 is 0 Å². The van der Waals surface area contributed by atoms with Crippen molar-refractivity contribution in [1.82, 2.24) is 0 Å². The van der Waals surface area contributed by atoms with Gasteiger partial charge in [0.1, 0.15) is 5.78 Å². The number of hydrogen-bond donors (Lipinski definition) is 0. The summed E-state index contributed by atoms with van der Waals surface area (Å²) in [6, 6.07) is 12.0. The SMILES string of the molecule is CC(=O)C(C)=O.CCC(C)=O.c1ccccc1. The summed E-state index contributed by atoms with van der Waals surface area (Å²) < 4.78 is 0. The highest BCUT2D eigenvalue weighted by atomic mass is 16.2. The van der Waals surface area contributed by atoms with E-state index < -0.39 is 0 Å². The lowest BCUT2D eigenvalue weighted by atomic mass is 10.3. The van der Waals surface area contributed by atoms with Gasteiger partial charge in [-0.05, 0) is 6.92 Å². The van der Waals surface area contributed by atoms with Gasteiger partial charge in [0.2, 0.25) is 0 Å². The number of ketones is 3. The van der Waals surface area contributed by atoms with E-state index in [1.54, 1.807) is 6.92 Å². The Kier molecular flexibility index (Phi) is 12.7. The number of rotatable bonds is 2. The quantitative estimate of drug-likeness (QED) is 0.742. The molecular weight excluding hydrogens is 216 g/mol. The summed E-state index contributed by atoms with van der Waals surface area (Å²) in [5.74, 6) is -0.505. The molecule has 0 saturated heterocycles. The molecule has 0 unspecified atom stereocenters. The van der Waals surface area contributed by atoms with Crippen molar-refractivity contribution >= 4 is 17.3 Å². The highest BCUT2D eigenvalue weighted by Crippen LogP contribution is 1.79. The molecule has 3 heteroatoms. The minimum Gasteiger partial charge on any atom is -0.300 e. The molecule has 0 bridgehead atoms. The van der Waals surface area contributed by atoms with Gasteiger partial charge in [0.25, 0.3) is 0 Å². The summed E-state index contributed by atoms with van der Waals surface area (Å²) in [6.45, 7) is 5.94. The topological polar surface area (TPSA) is 51.2 Å². The standard InChI is InChI=1S/C6H6.C4H6O2.C4H8O/c1-2-4-6-5-3-1;1-3(5)4(2)6;1-3-4(2)5/h1-6H;1-2H3;3H2,1-2H3. The first kappa shape index (κ1) is 17.6. The molecule has 0 aliphatic heterocycles. The molecule has 0 N–H and O–H groups in total. The maximum absolute atomic E-state index is 9.81. The molecular formula is C14H20O3. The van der Waals surface area contributed by atoms with Crippen LogP contribution in [0.5, 0.6) is 0 Å². The van der Waals surface area contributed by atoms with Crippen LogP contribution < -0.4 is 0 Å². The van der Waals surface area contributed by atoms with E-state index in [1.807, 2.05) is 43.3 Å². The molecule has 0 spiro atoms. The zero-order valence-electron chi connectivity index (χ0n) is 10.9. The maximum atomic E-state index is 9.81. The van der Waals surface area contributed by atoms with Gasteiger partial charge in [-0.25, -0.2) is 0 Å². The third-order valence-electron chi connectivity index (χ3n) is 1.66. The van der Waals surface area contributed by atoms with Gasteiger partial charge in [0.05, 0.1) is 0 Å². The van der Waals surface area contributed by atoms with E-state index in [2.05, 4.69) is 0 Å². The van der Waals surface area contributed by atoms with E-state index in [0.717, 1.165) is 0 Å². The Bertz CT molecular complexity index is 290. The normalized spacial score (nSPS) is 7.76. The Balaban J connectivity index is 0. The van der Waals surface area contributed by atoms with E-state index in [0.29, 0.717) is 6.42 Å². The predicted molar refractivity (Wildman–Crippen MR) is 68.8 cm³/mol. The Hall–Kier alpha value is -1.77. The average molecular weight is 236 g/mol. The van der Waals surface area contributed by atoms with Crippen LogP contribution >= 0.6 is 0 Å². The van der Waals surface area contributed by atoms with Gasteiger partial charge < -0.3 is 4.79 Å². The second kappa shape index (κ2) is 12.3. The van der Waals surface area contributed by atoms with Crippen LogP contribution in [0.1, 0.15) is 34.1 Å². The summed E-state index contributed by atoms with van der Waals surface area (Å²) in [5, 5.41) is 0. The highest BCUT2D eigenvalue weighted by molar-refractivity contribution is 6.35. The van der Waals surface area contributed by atoms with Crippen molar-refractivity contribution in [3.05, 3.63) is 36.4 Å². The van der Waals surface area contributed by atoms with Crippen molar-refractivity contribution in [3.63, 3.8) is 0 Å². The Morgan fingerprint density at radius 3 is 0.941 bits per heavy atom. The van der Waals surface area contributed by atoms with Gasteiger partial charge in [-0.2, -0.15) is 0 Å². The van der Waals surface area contributed by atoms with Crippen molar-refractivity contribution in [2.45, 2.75) is 34.1 Å². The van der Waals surface area contributed by atoms with E-state index in [4.69, 9.17) is 0 Å². The maximum Gasteiger partial charge on any atom is 0.195 e. The van der Waals surface area contributed by atoms with Gasteiger partial charge in [0.15, 0.2) is 11.6 Å². The molecule has 0 heterocycles. The Morgan fingerprint density at radius 2 is 0.882 bits per heavy atom. The first-order valence-corrected chi connectivity index (χ1v) is 5.42. The summed E-state index contributed by atoms with van der Waals surface area (Å²) in [7, 11) is 0. The first-order valence-electron chi connectivity index (χ1n) is 5.42. The Labute approximate surface area is 103 Å². The fourth-order valence-electron chi connectivity index (χ4n) is 0.385. The van der Waals surface area contributed by atoms with E-state index in [9.17, 15) is 14.4 Å². The molecule has 0 radical (unpaired) electrons. The van der Waals surface area contributed by atoms with Gasteiger partial charge in [0, 0.05) is 20.3 Å². The smallest absolute Gasteiger partial charge is 0.195 e. The molecule has 3 nitrogen and oxygen atoms in total. The van der Waals surface area contributed by atoms with Gasteiger partial charge in [-0.3, -0.25) is 9.59 Å². The molecule has 1 aromatic rings. The van der Waals surface area contributed by atoms with Crippen molar-refractivity contribution in [2.75, 3.05) is 0 Å². The number of carbonyl (C=O) groups excluding carboxylic acids is 3. The molecule has 0 saturated carbocycles. The van der Waals surface area contributed by atoms with Crippen LogP contribution in [-0.4, -0.2) is 17.3 Å². The molecule has 0 fully saturated rings. The lowest BCUT2D eigenvalue weighted by Crippen LogP contribution is -2.01. The summed E-state index contributed by atoms with van der Waals surface area (Å²) in [5.41, 5.74) is 0. The van der Waals surface area contributed by atoms with E-state index in [1.165, 1.54) is 13.8 Å². The zero-order valence-corrected chi connectivity index (χ0v) is 10.9.